The SMILES string of the molecule is CC/C=C\C/C=C\C/C=C\C/C=C\C/C=C\CCCCCC(=O)OC(COC(=O)CCCCCCCCCCCCCCCCCCCC)COP(=O)(O)OC. The number of carbonyl (C=O) groups excluding carboxylic acids is 2. The second-order valence-electron chi connectivity index (χ2n) is 14.8. The number of ether oxygens (including phenoxy) is 2. The lowest BCUT2D eigenvalue weighted by atomic mass is 10.0. The summed E-state index contributed by atoms with van der Waals surface area (Å²) in [5.74, 6) is -0.838. The van der Waals surface area contributed by atoms with Crippen LogP contribution >= 0.6 is 7.82 Å². The van der Waals surface area contributed by atoms with E-state index in [9.17, 15) is 19.0 Å². The molecule has 0 aliphatic carbocycles. The van der Waals surface area contributed by atoms with Gasteiger partial charge in [-0.3, -0.25) is 18.6 Å². The number of allylic oxidation sites excluding steroid dienone is 10. The Balaban J connectivity index is 4.03. The van der Waals surface area contributed by atoms with Crippen molar-refractivity contribution in [1.82, 2.24) is 0 Å². The van der Waals surface area contributed by atoms with Gasteiger partial charge in [0.05, 0.1) is 6.61 Å². The lowest BCUT2D eigenvalue weighted by Crippen LogP contribution is -2.29. The van der Waals surface area contributed by atoms with Gasteiger partial charge in [-0.1, -0.05) is 190 Å². The summed E-state index contributed by atoms with van der Waals surface area (Å²) in [5, 5.41) is 0. The van der Waals surface area contributed by atoms with Crippen molar-refractivity contribution in [2.24, 2.45) is 0 Å². The molecule has 9 heteroatoms. The molecule has 1 N–H and O–H groups in total. The first-order valence-electron chi connectivity index (χ1n) is 22.5. The van der Waals surface area contributed by atoms with Crippen molar-refractivity contribution >= 4 is 19.8 Å². The molecule has 0 radical (unpaired) electrons. The highest BCUT2D eigenvalue weighted by molar-refractivity contribution is 7.47. The molecule has 8 nitrogen and oxygen atoms in total. The van der Waals surface area contributed by atoms with Crippen LogP contribution in [-0.2, 0) is 32.7 Å². The minimum atomic E-state index is -4.27. The normalized spacial score (nSPS) is 13.9. The van der Waals surface area contributed by atoms with Gasteiger partial charge < -0.3 is 14.4 Å². The van der Waals surface area contributed by atoms with Crippen molar-refractivity contribution in [1.29, 1.82) is 0 Å². The largest absolute Gasteiger partial charge is 0.472 e. The molecule has 0 aromatic heterocycles. The Morgan fingerprint density at radius 1 is 0.518 bits per heavy atom. The highest BCUT2D eigenvalue weighted by Crippen LogP contribution is 2.42. The molecule has 0 aliphatic rings. The van der Waals surface area contributed by atoms with Crippen LogP contribution in [0.5, 0.6) is 0 Å². The first kappa shape index (κ1) is 53.8. The van der Waals surface area contributed by atoms with Crippen LogP contribution in [-0.4, -0.2) is 43.3 Å². The van der Waals surface area contributed by atoms with E-state index in [1.165, 1.54) is 96.3 Å². The van der Waals surface area contributed by atoms with Gasteiger partial charge in [0.25, 0.3) is 0 Å². The lowest BCUT2D eigenvalue weighted by Gasteiger charge is -2.19. The van der Waals surface area contributed by atoms with Crippen LogP contribution in [0.1, 0.15) is 200 Å². The maximum atomic E-state index is 12.5. The minimum Gasteiger partial charge on any atom is -0.462 e. The van der Waals surface area contributed by atoms with Crippen molar-refractivity contribution in [2.75, 3.05) is 20.3 Å². The van der Waals surface area contributed by atoms with Crippen LogP contribution in [0.3, 0.4) is 0 Å². The Hall–Kier alpha value is -2.25. The molecule has 2 atom stereocenters. The van der Waals surface area contributed by atoms with Crippen molar-refractivity contribution in [3.05, 3.63) is 60.8 Å². The molecule has 0 aromatic rings. The van der Waals surface area contributed by atoms with E-state index >= 15 is 0 Å². The van der Waals surface area contributed by atoms with Gasteiger partial charge in [-0.25, -0.2) is 4.57 Å². The van der Waals surface area contributed by atoms with Gasteiger partial charge in [0.15, 0.2) is 6.10 Å². The number of rotatable bonds is 41. The Labute approximate surface area is 343 Å². The predicted molar refractivity (Wildman–Crippen MR) is 235 cm³/mol. The van der Waals surface area contributed by atoms with Gasteiger partial charge in [0.1, 0.15) is 6.61 Å². The number of phosphoric acid groups is 1. The summed E-state index contributed by atoms with van der Waals surface area (Å²) < 4.78 is 32.0. The van der Waals surface area contributed by atoms with Crippen molar-refractivity contribution < 1.29 is 37.6 Å². The molecule has 56 heavy (non-hydrogen) atoms. The zero-order valence-corrected chi connectivity index (χ0v) is 36.9. The standard InChI is InChI=1S/C47H83O8P/c1-4-6-8-10-12-14-16-18-20-22-24-26-28-30-32-34-36-38-40-42-47(49)55-45(44-54-56(50,51)52-3)43-53-46(48)41-39-37-35-33-31-29-27-25-23-21-19-17-15-13-11-9-7-5-2/h6,8,12,14,18,20,24,26,30,32,45H,4-5,7,9-11,13,15-17,19,21-23,25,27-29,31,33-44H2,1-3H3,(H,50,51)/b8-6-,14-12-,20-18-,26-24-,32-30-. The van der Waals surface area contributed by atoms with Gasteiger partial charge in [0, 0.05) is 20.0 Å². The molecule has 0 saturated heterocycles. The van der Waals surface area contributed by atoms with E-state index in [-0.39, 0.29) is 25.4 Å². The van der Waals surface area contributed by atoms with Crippen LogP contribution in [0, 0.1) is 0 Å². The van der Waals surface area contributed by atoms with Crippen LogP contribution in [0.4, 0.5) is 0 Å². The number of unbranched alkanes of at least 4 members (excludes halogenated alkanes) is 20. The van der Waals surface area contributed by atoms with Crippen LogP contribution < -0.4 is 0 Å². The number of hydrogen-bond acceptors (Lipinski definition) is 7. The summed E-state index contributed by atoms with van der Waals surface area (Å²) in [4.78, 5) is 34.5. The number of esters is 2. The molecule has 0 saturated carbocycles. The molecular weight excluding hydrogens is 723 g/mol. The molecule has 0 spiro atoms. The second-order valence-corrected chi connectivity index (χ2v) is 16.4. The molecule has 0 heterocycles. The number of hydrogen-bond donors (Lipinski definition) is 1. The van der Waals surface area contributed by atoms with E-state index in [2.05, 4.69) is 79.1 Å². The smallest absolute Gasteiger partial charge is 0.462 e. The average molecular weight is 807 g/mol. The van der Waals surface area contributed by atoms with Crippen LogP contribution in [0.2, 0.25) is 0 Å². The third kappa shape index (κ3) is 41.4. The summed E-state index contributed by atoms with van der Waals surface area (Å²) in [6.45, 7) is 3.76. The van der Waals surface area contributed by atoms with Gasteiger partial charge in [-0.15, -0.1) is 0 Å². The van der Waals surface area contributed by atoms with Crippen LogP contribution in [0.25, 0.3) is 0 Å². The molecule has 0 fully saturated rings. The van der Waals surface area contributed by atoms with E-state index < -0.39 is 26.5 Å². The van der Waals surface area contributed by atoms with Gasteiger partial charge in [0.2, 0.25) is 0 Å². The fraction of sp³-hybridized carbons (Fsp3) is 0.745. The molecule has 2 unspecified atom stereocenters. The summed E-state index contributed by atoms with van der Waals surface area (Å²) in [5.41, 5.74) is 0. The third-order valence-electron chi connectivity index (χ3n) is 9.53. The molecule has 324 valence electrons. The van der Waals surface area contributed by atoms with E-state index in [0.29, 0.717) is 6.42 Å². The summed E-state index contributed by atoms with van der Waals surface area (Å²) in [6, 6.07) is 0. The fourth-order valence-electron chi connectivity index (χ4n) is 6.10. The van der Waals surface area contributed by atoms with E-state index in [4.69, 9.17) is 14.0 Å². The highest BCUT2D eigenvalue weighted by Gasteiger charge is 2.24. The fourth-order valence-corrected chi connectivity index (χ4v) is 6.56. The first-order valence-corrected chi connectivity index (χ1v) is 24.0. The predicted octanol–water partition coefficient (Wildman–Crippen LogP) is 14.3. The summed E-state index contributed by atoms with van der Waals surface area (Å²) >= 11 is 0. The minimum absolute atomic E-state index is 0.205. The van der Waals surface area contributed by atoms with Gasteiger partial charge in [-0.05, 0) is 57.8 Å². The van der Waals surface area contributed by atoms with Crippen molar-refractivity contribution in [2.45, 2.75) is 206 Å². The van der Waals surface area contributed by atoms with Crippen LogP contribution in [0.15, 0.2) is 60.8 Å². The molecule has 0 rings (SSSR count). The van der Waals surface area contributed by atoms with Gasteiger partial charge in [-0.2, -0.15) is 0 Å². The Bertz CT molecular complexity index is 1100. The lowest BCUT2D eigenvalue weighted by molar-refractivity contribution is -0.161. The van der Waals surface area contributed by atoms with E-state index in [1.54, 1.807) is 0 Å². The quantitative estimate of drug-likeness (QED) is 0.0282. The Morgan fingerprint density at radius 3 is 1.36 bits per heavy atom. The zero-order valence-electron chi connectivity index (χ0n) is 36.0. The van der Waals surface area contributed by atoms with Gasteiger partial charge >= 0.3 is 19.8 Å². The third-order valence-corrected chi connectivity index (χ3v) is 10.5. The van der Waals surface area contributed by atoms with E-state index in [1.807, 2.05) is 0 Å². The number of phosphoric ester groups is 1. The summed E-state index contributed by atoms with van der Waals surface area (Å²) in [6.07, 6.45) is 52.7. The monoisotopic (exact) mass is 807 g/mol. The first-order chi connectivity index (χ1) is 27.3. The number of carbonyl (C=O) groups is 2. The van der Waals surface area contributed by atoms with Crippen molar-refractivity contribution in [3.8, 4) is 0 Å². The highest BCUT2D eigenvalue weighted by atomic mass is 31.2. The molecule has 0 amide bonds. The molecular formula is C47H83O8P. The zero-order chi connectivity index (χ0) is 41.1. The maximum Gasteiger partial charge on any atom is 0.472 e. The molecule has 0 aliphatic heterocycles. The average Bonchev–Trinajstić information content (AvgIpc) is 3.19. The maximum absolute atomic E-state index is 12.5. The topological polar surface area (TPSA) is 108 Å². The summed E-state index contributed by atoms with van der Waals surface area (Å²) in [7, 11) is -3.22. The molecule has 0 bridgehead atoms. The second kappa shape index (κ2) is 42.4. The molecule has 0 aromatic carbocycles. The van der Waals surface area contributed by atoms with Crippen molar-refractivity contribution in [3.63, 3.8) is 0 Å². The Morgan fingerprint density at radius 2 is 0.911 bits per heavy atom. The Kier molecular flexibility index (Phi) is 40.7. The van der Waals surface area contributed by atoms with E-state index in [0.717, 1.165) is 77.7 Å².